The molecule has 3 heteroatoms. The fourth-order valence-electron chi connectivity index (χ4n) is 1.92. The molecule has 0 aliphatic heterocycles. The summed E-state index contributed by atoms with van der Waals surface area (Å²) in [6.45, 7) is 6.30. The number of halogens is 1. The molecule has 0 amide bonds. The maximum absolute atomic E-state index is 13.3. The molecule has 0 unspecified atom stereocenters. The topological polar surface area (TPSA) is 38.0 Å². The quantitative estimate of drug-likeness (QED) is 0.791. The van der Waals surface area contributed by atoms with Crippen molar-refractivity contribution in [2.45, 2.75) is 26.7 Å². The van der Waals surface area contributed by atoms with E-state index in [1.165, 1.54) is 17.7 Å². The van der Waals surface area contributed by atoms with Gasteiger partial charge in [-0.15, -0.1) is 0 Å². The van der Waals surface area contributed by atoms with Gasteiger partial charge >= 0.3 is 0 Å². The minimum absolute atomic E-state index is 0.297. The van der Waals surface area contributed by atoms with Crippen molar-refractivity contribution in [3.05, 3.63) is 53.3 Å². The summed E-state index contributed by atoms with van der Waals surface area (Å²) in [6.07, 6.45) is 0. The Morgan fingerprint density at radius 1 is 1.05 bits per heavy atom. The van der Waals surface area contributed by atoms with E-state index in [2.05, 4.69) is 37.4 Å². The van der Waals surface area contributed by atoms with E-state index in [0.29, 0.717) is 17.3 Å². The monoisotopic (exact) mass is 258 g/mol. The standard InChI is InChI=1S/C16H19FN2/c1-10(2)12-5-4-11(3)15(8-12)19-16-9-13(17)6-7-14(16)18/h4-10,19H,18H2,1-3H3. The van der Waals surface area contributed by atoms with Crippen molar-refractivity contribution in [2.24, 2.45) is 0 Å². The van der Waals surface area contributed by atoms with Gasteiger partial charge in [-0.1, -0.05) is 26.0 Å². The SMILES string of the molecule is Cc1ccc(C(C)C)cc1Nc1cc(F)ccc1N. The van der Waals surface area contributed by atoms with E-state index in [1.54, 1.807) is 6.07 Å². The van der Waals surface area contributed by atoms with Crippen LogP contribution in [0.15, 0.2) is 36.4 Å². The van der Waals surface area contributed by atoms with E-state index in [0.717, 1.165) is 11.3 Å². The van der Waals surface area contributed by atoms with Crippen LogP contribution in [-0.4, -0.2) is 0 Å². The highest BCUT2D eigenvalue weighted by Gasteiger charge is 2.06. The Hall–Kier alpha value is -2.03. The smallest absolute Gasteiger partial charge is 0.125 e. The first-order chi connectivity index (χ1) is 8.97. The van der Waals surface area contributed by atoms with Gasteiger partial charge in [0.2, 0.25) is 0 Å². The summed E-state index contributed by atoms with van der Waals surface area (Å²) in [4.78, 5) is 0. The molecule has 2 nitrogen and oxygen atoms in total. The molecule has 0 heterocycles. The molecule has 2 aromatic carbocycles. The highest BCUT2D eigenvalue weighted by molar-refractivity contribution is 5.74. The average Bonchev–Trinajstić information content (AvgIpc) is 2.36. The van der Waals surface area contributed by atoms with Crippen LogP contribution in [0.5, 0.6) is 0 Å². The van der Waals surface area contributed by atoms with Crippen LogP contribution in [0.3, 0.4) is 0 Å². The maximum Gasteiger partial charge on any atom is 0.125 e. The summed E-state index contributed by atoms with van der Waals surface area (Å²) in [5.74, 6) is 0.153. The first-order valence-electron chi connectivity index (χ1n) is 6.40. The van der Waals surface area contributed by atoms with Crippen LogP contribution in [0, 0.1) is 12.7 Å². The maximum atomic E-state index is 13.3. The molecule has 0 aliphatic rings. The molecule has 3 N–H and O–H groups in total. The first kappa shape index (κ1) is 13.4. The first-order valence-corrected chi connectivity index (χ1v) is 6.40. The predicted octanol–water partition coefficient (Wildman–Crippen LogP) is 4.58. The number of hydrogen-bond acceptors (Lipinski definition) is 2. The molecular weight excluding hydrogens is 239 g/mol. The van der Waals surface area contributed by atoms with Gasteiger partial charge in [-0.25, -0.2) is 4.39 Å². The van der Waals surface area contributed by atoms with Crippen LogP contribution in [0.25, 0.3) is 0 Å². The van der Waals surface area contributed by atoms with Crippen molar-refractivity contribution >= 4 is 17.1 Å². The van der Waals surface area contributed by atoms with Gasteiger partial charge in [-0.05, 0) is 48.2 Å². The third-order valence-corrected chi connectivity index (χ3v) is 3.21. The Morgan fingerprint density at radius 3 is 2.47 bits per heavy atom. The Bertz CT molecular complexity index is 591. The van der Waals surface area contributed by atoms with Crippen LogP contribution in [0.2, 0.25) is 0 Å². The number of rotatable bonds is 3. The second-order valence-corrected chi connectivity index (χ2v) is 5.09. The highest BCUT2D eigenvalue weighted by Crippen LogP contribution is 2.28. The fourth-order valence-corrected chi connectivity index (χ4v) is 1.92. The van der Waals surface area contributed by atoms with Gasteiger partial charge in [0.15, 0.2) is 0 Å². The Labute approximate surface area is 113 Å². The van der Waals surface area contributed by atoms with Crippen molar-refractivity contribution in [2.75, 3.05) is 11.1 Å². The number of nitrogens with one attached hydrogen (secondary N) is 1. The summed E-state index contributed by atoms with van der Waals surface area (Å²) >= 11 is 0. The molecule has 0 saturated carbocycles. The number of anilines is 3. The lowest BCUT2D eigenvalue weighted by Crippen LogP contribution is -2.00. The van der Waals surface area contributed by atoms with E-state index >= 15 is 0 Å². The fraction of sp³-hybridized carbons (Fsp3) is 0.250. The van der Waals surface area contributed by atoms with Crippen LogP contribution in [-0.2, 0) is 0 Å². The Morgan fingerprint density at radius 2 is 1.79 bits per heavy atom. The lowest BCUT2D eigenvalue weighted by atomic mass is 10.0. The van der Waals surface area contributed by atoms with Crippen molar-refractivity contribution in [1.29, 1.82) is 0 Å². The van der Waals surface area contributed by atoms with E-state index in [1.807, 2.05) is 6.92 Å². The third-order valence-electron chi connectivity index (χ3n) is 3.21. The van der Waals surface area contributed by atoms with Gasteiger partial charge < -0.3 is 11.1 Å². The molecule has 0 bridgehead atoms. The molecule has 19 heavy (non-hydrogen) atoms. The molecule has 2 aromatic rings. The predicted molar refractivity (Wildman–Crippen MR) is 79.4 cm³/mol. The summed E-state index contributed by atoms with van der Waals surface area (Å²) in [7, 11) is 0. The zero-order valence-corrected chi connectivity index (χ0v) is 11.5. The van der Waals surface area contributed by atoms with E-state index in [4.69, 9.17) is 5.73 Å². The number of nitrogen functional groups attached to an aromatic ring is 1. The van der Waals surface area contributed by atoms with Crippen LogP contribution in [0.1, 0.15) is 30.9 Å². The van der Waals surface area contributed by atoms with Gasteiger partial charge in [-0.3, -0.25) is 0 Å². The van der Waals surface area contributed by atoms with Crippen LogP contribution in [0.4, 0.5) is 21.5 Å². The van der Waals surface area contributed by atoms with Gasteiger partial charge in [0.05, 0.1) is 11.4 Å². The highest BCUT2D eigenvalue weighted by atomic mass is 19.1. The van der Waals surface area contributed by atoms with E-state index in [9.17, 15) is 4.39 Å². The minimum atomic E-state index is -0.297. The van der Waals surface area contributed by atoms with Gasteiger partial charge in [-0.2, -0.15) is 0 Å². The Balaban J connectivity index is 2.37. The van der Waals surface area contributed by atoms with E-state index in [-0.39, 0.29) is 5.82 Å². The van der Waals surface area contributed by atoms with Gasteiger partial charge in [0, 0.05) is 5.69 Å². The van der Waals surface area contributed by atoms with Crippen molar-refractivity contribution in [1.82, 2.24) is 0 Å². The van der Waals surface area contributed by atoms with Crippen molar-refractivity contribution < 1.29 is 4.39 Å². The Kier molecular flexibility index (Phi) is 3.74. The number of nitrogens with two attached hydrogens (primary N) is 1. The molecule has 0 aliphatic carbocycles. The molecule has 0 atom stereocenters. The normalized spacial score (nSPS) is 10.8. The number of aryl methyl sites for hydroxylation is 1. The lowest BCUT2D eigenvalue weighted by molar-refractivity contribution is 0.628. The molecule has 0 aromatic heterocycles. The molecule has 2 rings (SSSR count). The summed E-state index contributed by atoms with van der Waals surface area (Å²) < 4.78 is 13.3. The second-order valence-electron chi connectivity index (χ2n) is 5.09. The largest absolute Gasteiger partial charge is 0.397 e. The molecule has 0 saturated heterocycles. The second kappa shape index (κ2) is 5.31. The minimum Gasteiger partial charge on any atom is -0.397 e. The zero-order valence-electron chi connectivity index (χ0n) is 11.5. The molecular formula is C16H19FN2. The molecule has 0 fully saturated rings. The summed E-state index contributed by atoms with van der Waals surface area (Å²) in [6, 6.07) is 10.6. The summed E-state index contributed by atoms with van der Waals surface area (Å²) in [5, 5.41) is 3.21. The number of hydrogen-bond donors (Lipinski definition) is 2. The third kappa shape index (κ3) is 3.05. The van der Waals surface area contributed by atoms with Gasteiger partial charge in [0.25, 0.3) is 0 Å². The zero-order chi connectivity index (χ0) is 14.0. The number of benzene rings is 2. The lowest BCUT2D eigenvalue weighted by Gasteiger charge is -2.14. The molecule has 100 valence electrons. The average molecular weight is 258 g/mol. The van der Waals surface area contributed by atoms with Crippen molar-refractivity contribution in [3.8, 4) is 0 Å². The van der Waals surface area contributed by atoms with Gasteiger partial charge in [0.1, 0.15) is 5.82 Å². The van der Waals surface area contributed by atoms with E-state index < -0.39 is 0 Å². The summed E-state index contributed by atoms with van der Waals surface area (Å²) in [5.41, 5.74) is 10.3. The molecule has 0 spiro atoms. The van der Waals surface area contributed by atoms with Crippen LogP contribution < -0.4 is 11.1 Å². The van der Waals surface area contributed by atoms with Crippen LogP contribution >= 0.6 is 0 Å². The molecule has 0 radical (unpaired) electrons. The van der Waals surface area contributed by atoms with Crippen molar-refractivity contribution in [3.63, 3.8) is 0 Å².